The van der Waals surface area contributed by atoms with Gasteiger partial charge < -0.3 is 10.2 Å². The quantitative estimate of drug-likeness (QED) is 0.580. The fraction of sp³-hybridized carbons (Fsp3) is 1.00. The van der Waals surface area contributed by atoms with Crippen molar-refractivity contribution in [2.45, 2.75) is 6.92 Å². The molecule has 2 nitrogen and oxygen atoms in total. The molecule has 1 N–H and O–H groups in total. The number of rotatable bonds is 7. The number of likely N-dealkylation sites (N-methyl/N-ethyl adjacent to an activating group) is 1. The summed E-state index contributed by atoms with van der Waals surface area (Å²) in [5, 5.41) is 3.39. The molecule has 0 rings (SSSR count). The van der Waals surface area contributed by atoms with Gasteiger partial charge in [0.25, 0.3) is 0 Å². The molecule has 0 spiro atoms. The predicted octanol–water partition coefficient (Wildman–Crippen LogP) is 0.891. The highest BCUT2D eigenvalue weighted by molar-refractivity contribution is 7.99. The van der Waals surface area contributed by atoms with Crippen molar-refractivity contribution in [1.29, 1.82) is 0 Å². The lowest BCUT2D eigenvalue weighted by Gasteiger charge is -2.09. The van der Waals surface area contributed by atoms with Crippen molar-refractivity contribution in [3.63, 3.8) is 0 Å². The largest absolute Gasteiger partial charge is 0.315 e. The molecule has 0 aromatic carbocycles. The Morgan fingerprint density at radius 1 is 1.27 bits per heavy atom. The van der Waals surface area contributed by atoms with Crippen LogP contribution >= 0.6 is 11.8 Å². The maximum Gasteiger partial charge on any atom is 0.0101 e. The van der Waals surface area contributed by atoms with Gasteiger partial charge in [-0.1, -0.05) is 6.92 Å². The first-order valence-electron chi connectivity index (χ1n) is 4.20. The zero-order valence-corrected chi connectivity index (χ0v) is 8.71. The van der Waals surface area contributed by atoms with Gasteiger partial charge >= 0.3 is 0 Å². The summed E-state index contributed by atoms with van der Waals surface area (Å²) in [5.74, 6) is 2.47. The van der Waals surface area contributed by atoms with Crippen LogP contribution in [0.15, 0.2) is 0 Å². The van der Waals surface area contributed by atoms with Crippen molar-refractivity contribution in [1.82, 2.24) is 10.2 Å². The first-order chi connectivity index (χ1) is 5.27. The highest BCUT2D eigenvalue weighted by atomic mass is 32.2. The van der Waals surface area contributed by atoms with Crippen LogP contribution in [0.1, 0.15) is 6.92 Å². The summed E-state index contributed by atoms with van der Waals surface area (Å²) < 4.78 is 0. The predicted molar refractivity (Wildman–Crippen MR) is 54.4 cm³/mol. The number of nitrogens with one attached hydrogen (secondary N) is 1. The van der Waals surface area contributed by atoms with Gasteiger partial charge in [-0.2, -0.15) is 11.8 Å². The van der Waals surface area contributed by atoms with Gasteiger partial charge in [-0.3, -0.25) is 0 Å². The summed E-state index contributed by atoms with van der Waals surface area (Å²) in [4.78, 5) is 2.19. The third-order valence-corrected chi connectivity index (χ3v) is 2.26. The number of hydrogen-bond acceptors (Lipinski definition) is 3. The lowest BCUT2D eigenvalue weighted by molar-refractivity contribution is 0.403. The van der Waals surface area contributed by atoms with Crippen LogP contribution < -0.4 is 5.32 Å². The smallest absolute Gasteiger partial charge is 0.0101 e. The maximum atomic E-state index is 3.39. The van der Waals surface area contributed by atoms with E-state index in [4.69, 9.17) is 0 Å². The lowest BCUT2D eigenvalue weighted by atomic mass is 10.5. The van der Waals surface area contributed by atoms with Crippen LogP contribution in [0.25, 0.3) is 0 Å². The van der Waals surface area contributed by atoms with Gasteiger partial charge in [0.05, 0.1) is 0 Å². The van der Waals surface area contributed by atoms with Crippen molar-refractivity contribution >= 4 is 11.8 Å². The van der Waals surface area contributed by atoms with Crippen LogP contribution in [0.2, 0.25) is 0 Å². The molecule has 11 heavy (non-hydrogen) atoms. The summed E-state index contributed by atoms with van der Waals surface area (Å²) in [7, 11) is 4.20. The third kappa shape index (κ3) is 10.3. The monoisotopic (exact) mass is 176 g/mol. The fourth-order valence-electron chi connectivity index (χ4n) is 0.716. The summed E-state index contributed by atoms with van der Waals surface area (Å²) in [6.07, 6.45) is 0. The molecule has 0 aliphatic rings. The van der Waals surface area contributed by atoms with E-state index in [2.05, 4.69) is 31.2 Å². The van der Waals surface area contributed by atoms with E-state index in [0.29, 0.717) is 0 Å². The second-order valence-electron chi connectivity index (χ2n) is 2.75. The average molecular weight is 176 g/mol. The van der Waals surface area contributed by atoms with E-state index in [1.54, 1.807) is 0 Å². The van der Waals surface area contributed by atoms with Gasteiger partial charge in [0.1, 0.15) is 0 Å². The van der Waals surface area contributed by atoms with Gasteiger partial charge in [0.2, 0.25) is 0 Å². The van der Waals surface area contributed by atoms with Crippen LogP contribution in [0.4, 0.5) is 0 Å². The van der Waals surface area contributed by atoms with E-state index >= 15 is 0 Å². The van der Waals surface area contributed by atoms with Crippen molar-refractivity contribution in [3.05, 3.63) is 0 Å². The molecule has 0 saturated carbocycles. The van der Waals surface area contributed by atoms with Crippen LogP contribution in [-0.2, 0) is 0 Å². The lowest BCUT2D eigenvalue weighted by Crippen LogP contribution is -2.27. The molecule has 0 saturated heterocycles. The Morgan fingerprint density at radius 2 is 2.00 bits per heavy atom. The molecule has 0 aliphatic carbocycles. The normalized spacial score (nSPS) is 10.9. The molecular weight excluding hydrogens is 156 g/mol. The second kappa shape index (κ2) is 8.37. The van der Waals surface area contributed by atoms with Crippen molar-refractivity contribution in [3.8, 4) is 0 Å². The van der Waals surface area contributed by atoms with Crippen molar-refractivity contribution in [2.75, 3.05) is 45.2 Å². The zero-order valence-electron chi connectivity index (χ0n) is 7.89. The van der Waals surface area contributed by atoms with Crippen molar-refractivity contribution in [2.24, 2.45) is 0 Å². The molecule has 68 valence electrons. The van der Waals surface area contributed by atoms with Gasteiger partial charge in [-0.05, 0) is 19.8 Å². The first-order valence-corrected chi connectivity index (χ1v) is 5.36. The Hall–Kier alpha value is 0.270. The van der Waals surface area contributed by atoms with Crippen LogP contribution in [0.5, 0.6) is 0 Å². The minimum atomic E-state index is 1.11. The molecule has 0 fully saturated rings. The Bertz CT molecular complexity index is 76.5. The molecule has 3 heteroatoms. The van der Waals surface area contributed by atoms with Crippen LogP contribution in [-0.4, -0.2) is 50.1 Å². The molecular formula is C8H20N2S. The maximum absolute atomic E-state index is 3.39. The fourth-order valence-corrected chi connectivity index (χ4v) is 1.29. The molecule has 0 aromatic rings. The number of nitrogens with zero attached hydrogens (tertiary/aromatic N) is 1. The molecule has 0 radical (unpaired) electrons. The first kappa shape index (κ1) is 11.3. The van der Waals surface area contributed by atoms with Crippen molar-refractivity contribution < 1.29 is 0 Å². The SMILES string of the molecule is CCSCCNCCN(C)C. The summed E-state index contributed by atoms with van der Waals surface area (Å²) in [6.45, 7) is 5.59. The average Bonchev–Trinajstić information content (AvgIpc) is 1.96. The summed E-state index contributed by atoms with van der Waals surface area (Å²) in [5.41, 5.74) is 0. The van der Waals surface area contributed by atoms with E-state index in [-0.39, 0.29) is 0 Å². The Balaban J connectivity index is 2.80. The molecule has 0 aromatic heterocycles. The third-order valence-electron chi connectivity index (χ3n) is 1.36. The van der Waals surface area contributed by atoms with E-state index in [1.807, 2.05) is 11.8 Å². The summed E-state index contributed by atoms with van der Waals surface area (Å²) >= 11 is 1.99. The summed E-state index contributed by atoms with van der Waals surface area (Å²) in [6, 6.07) is 0. The Labute approximate surface area is 74.7 Å². The topological polar surface area (TPSA) is 15.3 Å². The van der Waals surface area contributed by atoms with E-state index < -0.39 is 0 Å². The van der Waals surface area contributed by atoms with Crippen LogP contribution in [0, 0.1) is 0 Å². The molecule has 0 amide bonds. The minimum Gasteiger partial charge on any atom is -0.315 e. The van der Waals surface area contributed by atoms with E-state index in [9.17, 15) is 0 Å². The molecule has 0 aliphatic heterocycles. The van der Waals surface area contributed by atoms with Gasteiger partial charge in [0, 0.05) is 25.4 Å². The Kier molecular flexibility index (Phi) is 8.57. The zero-order chi connectivity index (χ0) is 8.53. The van der Waals surface area contributed by atoms with Crippen LogP contribution in [0.3, 0.4) is 0 Å². The Morgan fingerprint density at radius 3 is 2.55 bits per heavy atom. The standard InChI is InChI=1S/C8H20N2S/c1-4-11-8-6-9-5-7-10(2)3/h9H,4-8H2,1-3H3. The molecule has 0 bridgehead atoms. The highest BCUT2D eigenvalue weighted by Crippen LogP contribution is 1.94. The molecule has 0 heterocycles. The van der Waals surface area contributed by atoms with E-state index in [0.717, 1.165) is 19.6 Å². The molecule has 0 unspecified atom stereocenters. The minimum absolute atomic E-state index is 1.11. The number of hydrogen-bond donors (Lipinski definition) is 1. The second-order valence-corrected chi connectivity index (χ2v) is 4.14. The molecule has 0 atom stereocenters. The van der Waals surface area contributed by atoms with Gasteiger partial charge in [-0.15, -0.1) is 0 Å². The number of thioether (sulfide) groups is 1. The van der Waals surface area contributed by atoms with E-state index in [1.165, 1.54) is 11.5 Å². The van der Waals surface area contributed by atoms with Gasteiger partial charge in [0.15, 0.2) is 0 Å². The van der Waals surface area contributed by atoms with Gasteiger partial charge in [-0.25, -0.2) is 0 Å². The highest BCUT2D eigenvalue weighted by Gasteiger charge is 1.89.